The number of ether oxygens (including phenoxy) is 1. The summed E-state index contributed by atoms with van der Waals surface area (Å²) in [4.78, 5) is 24.5. The van der Waals surface area contributed by atoms with E-state index in [-0.39, 0.29) is 17.9 Å². The van der Waals surface area contributed by atoms with Gasteiger partial charge >= 0.3 is 0 Å². The Morgan fingerprint density at radius 2 is 2.18 bits per heavy atom. The molecule has 0 radical (unpaired) electrons. The van der Waals surface area contributed by atoms with Gasteiger partial charge in [-0.3, -0.25) is 9.59 Å². The maximum atomic E-state index is 11.9. The van der Waals surface area contributed by atoms with Crippen LogP contribution < -0.4 is 11.1 Å². The Labute approximate surface area is 101 Å². The summed E-state index contributed by atoms with van der Waals surface area (Å²) >= 11 is 0. The van der Waals surface area contributed by atoms with Gasteiger partial charge in [-0.15, -0.1) is 0 Å². The average Bonchev–Trinajstić information content (AvgIpc) is 2.83. The Kier molecular flexibility index (Phi) is 5.37. The lowest BCUT2D eigenvalue weighted by Gasteiger charge is -2.20. The third kappa shape index (κ3) is 3.98. The van der Waals surface area contributed by atoms with Crippen molar-refractivity contribution >= 4 is 11.8 Å². The van der Waals surface area contributed by atoms with Gasteiger partial charge in [-0.1, -0.05) is 0 Å². The number of hydrogen-bond acceptors (Lipinski definition) is 4. The number of nitrogens with two attached hydrogens (primary N) is 1. The summed E-state index contributed by atoms with van der Waals surface area (Å²) in [6.45, 7) is 0.859. The fraction of sp³-hybridized carbons (Fsp3) is 0.818. The van der Waals surface area contributed by atoms with Gasteiger partial charge in [0.1, 0.15) is 6.10 Å². The molecule has 0 saturated carbocycles. The molecule has 6 nitrogen and oxygen atoms in total. The predicted octanol–water partition coefficient (Wildman–Crippen LogP) is -0.913. The van der Waals surface area contributed by atoms with Crippen LogP contribution in [-0.2, 0) is 14.3 Å². The zero-order valence-electron chi connectivity index (χ0n) is 10.4. The van der Waals surface area contributed by atoms with Crippen molar-refractivity contribution in [1.82, 2.24) is 10.2 Å². The third-order valence-electron chi connectivity index (χ3n) is 2.98. The van der Waals surface area contributed by atoms with Crippen molar-refractivity contribution in [3.05, 3.63) is 0 Å². The van der Waals surface area contributed by atoms with E-state index < -0.39 is 6.10 Å². The van der Waals surface area contributed by atoms with Gasteiger partial charge in [0.15, 0.2) is 0 Å². The molecule has 0 aromatic heterocycles. The van der Waals surface area contributed by atoms with Crippen LogP contribution in [0.5, 0.6) is 0 Å². The zero-order chi connectivity index (χ0) is 12.8. The molecule has 3 N–H and O–H groups in total. The molecule has 1 heterocycles. The van der Waals surface area contributed by atoms with Crippen LogP contribution in [0.15, 0.2) is 0 Å². The Balaban J connectivity index is 2.34. The Morgan fingerprint density at radius 3 is 2.71 bits per heavy atom. The van der Waals surface area contributed by atoms with Crippen molar-refractivity contribution in [2.45, 2.75) is 31.5 Å². The van der Waals surface area contributed by atoms with Gasteiger partial charge in [-0.05, 0) is 12.8 Å². The maximum absolute atomic E-state index is 11.9. The summed E-state index contributed by atoms with van der Waals surface area (Å²) in [5.74, 6) is -0.137. The fourth-order valence-electron chi connectivity index (χ4n) is 1.81. The Morgan fingerprint density at radius 1 is 1.47 bits per heavy atom. The summed E-state index contributed by atoms with van der Waals surface area (Å²) in [6.07, 6.45) is 1.46. The molecular weight excluding hydrogens is 222 g/mol. The fourth-order valence-corrected chi connectivity index (χ4v) is 1.81. The van der Waals surface area contributed by atoms with E-state index in [1.807, 2.05) is 0 Å². The van der Waals surface area contributed by atoms with Crippen molar-refractivity contribution in [3.8, 4) is 0 Å². The van der Waals surface area contributed by atoms with Gasteiger partial charge in [0.25, 0.3) is 5.91 Å². The van der Waals surface area contributed by atoms with Crippen LogP contribution >= 0.6 is 0 Å². The van der Waals surface area contributed by atoms with Crippen LogP contribution in [0.1, 0.15) is 19.3 Å². The first-order chi connectivity index (χ1) is 8.08. The summed E-state index contributed by atoms with van der Waals surface area (Å²) in [7, 11) is 3.26. The molecular formula is C11H21N3O3. The molecule has 1 aliphatic rings. The molecule has 0 bridgehead atoms. The zero-order valence-corrected chi connectivity index (χ0v) is 10.4. The lowest BCUT2D eigenvalue weighted by atomic mass is 10.2. The number of carbonyl (C=O) groups excluding carboxylic acids is 2. The van der Waals surface area contributed by atoms with E-state index in [1.165, 1.54) is 0 Å². The highest BCUT2D eigenvalue weighted by Crippen LogP contribution is 2.20. The number of rotatable bonds is 5. The molecule has 6 heteroatoms. The van der Waals surface area contributed by atoms with Gasteiger partial charge in [0.05, 0.1) is 6.10 Å². The predicted molar refractivity (Wildman–Crippen MR) is 63.3 cm³/mol. The first-order valence-corrected chi connectivity index (χ1v) is 5.89. The monoisotopic (exact) mass is 243 g/mol. The number of carbonyl (C=O) groups is 2. The van der Waals surface area contributed by atoms with Gasteiger partial charge in [0, 0.05) is 33.6 Å². The van der Waals surface area contributed by atoms with E-state index in [4.69, 9.17) is 10.5 Å². The lowest BCUT2D eigenvalue weighted by Crippen LogP contribution is -2.38. The van der Waals surface area contributed by atoms with E-state index >= 15 is 0 Å². The van der Waals surface area contributed by atoms with Gasteiger partial charge < -0.3 is 20.7 Å². The number of nitrogens with one attached hydrogen (secondary N) is 1. The second kappa shape index (κ2) is 6.56. The second-order valence-electron chi connectivity index (χ2n) is 4.24. The lowest BCUT2D eigenvalue weighted by molar-refractivity contribution is -0.141. The summed E-state index contributed by atoms with van der Waals surface area (Å²) in [5.41, 5.74) is 5.49. The van der Waals surface area contributed by atoms with Crippen LogP contribution in [0.25, 0.3) is 0 Å². The normalized spacial score (nSPS) is 23.5. The molecule has 0 spiro atoms. The molecule has 1 saturated heterocycles. The van der Waals surface area contributed by atoms with Crippen molar-refractivity contribution in [2.75, 3.05) is 27.2 Å². The Bertz CT molecular complexity index is 283. The molecule has 98 valence electrons. The molecule has 2 atom stereocenters. The number of amides is 2. The van der Waals surface area contributed by atoms with Gasteiger partial charge in [0.2, 0.25) is 5.91 Å². The van der Waals surface area contributed by atoms with Crippen LogP contribution in [0.4, 0.5) is 0 Å². The molecule has 0 aliphatic carbocycles. The number of likely N-dealkylation sites (N-methyl/N-ethyl adjacent to an activating group) is 1. The largest absolute Gasteiger partial charge is 0.364 e. The van der Waals surface area contributed by atoms with Crippen molar-refractivity contribution < 1.29 is 14.3 Å². The van der Waals surface area contributed by atoms with Crippen molar-refractivity contribution in [3.63, 3.8) is 0 Å². The van der Waals surface area contributed by atoms with Gasteiger partial charge in [-0.25, -0.2) is 0 Å². The maximum Gasteiger partial charge on any atom is 0.251 e. The summed E-state index contributed by atoms with van der Waals surface area (Å²) < 4.78 is 5.51. The standard InChI is InChI=1S/C11H21N3O3/c1-13-10(15)5-6-14(2)11(16)9-4-3-8(7-12)17-9/h8-9H,3-7,12H2,1-2H3,(H,13,15)/t8-,9+/m1/s1. The molecule has 17 heavy (non-hydrogen) atoms. The molecule has 1 aliphatic heterocycles. The number of nitrogens with zero attached hydrogens (tertiary/aromatic N) is 1. The molecule has 2 amide bonds. The average molecular weight is 243 g/mol. The SMILES string of the molecule is CNC(=O)CCN(C)C(=O)[C@@H]1CC[C@H](CN)O1. The third-order valence-corrected chi connectivity index (χ3v) is 2.98. The summed E-state index contributed by atoms with van der Waals surface area (Å²) in [6, 6.07) is 0. The second-order valence-corrected chi connectivity index (χ2v) is 4.24. The van der Waals surface area contributed by atoms with E-state index in [0.29, 0.717) is 25.9 Å². The van der Waals surface area contributed by atoms with Crippen LogP contribution in [0.3, 0.4) is 0 Å². The minimum absolute atomic E-state index is 0.00343. The molecule has 1 fully saturated rings. The quantitative estimate of drug-likeness (QED) is 0.654. The highest BCUT2D eigenvalue weighted by Gasteiger charge is 2.31. The van der Waals surface area contributed by atoms with E-state index in [0.717, 1.165) is 6.42 Å². The minimum Gasteiger partial charge on any atom is -0.364 e. The van der Waals surface area contributed by atoms with E-state index in [9.17, 15) is 9.59 Å². The molecule has 1 rings (SSSR count). The van der Waals surface area contributed by atoms with E-state index in [1.54, 1.807) is 19.0 Å². The highest BCUT2D eigenvalue weighted by molar-refractivity contribution is 5.82. The minimum atomic E-state index is -0.391. The molecule has 0 unspecified atom stereocenters. The first-order valence-electron chi connectivity index (χ1n) is 5.89. The molecule has 0 aromatic carbocycles. The smallest absolute Gasteiger partial charge is 0.251 e. The topological polar surface area (TPSA) is 84.7 Å². The van der Waals surface area contributed by atoms with Crippen molar-refractivity contribution in [2.24, 2.45) is 5.73 Å². The van der Waals surface area contributed by atoms with E-state index in [2.05, 4.69) is 5.32 Å². The van der Waals surface area contributed by atoms with Crippen LogP contribution in [0.2, 0.25) is 0 Å². The Hall–Kier alpha value is -1.14. The van der Waals surface area contributed by atoms with Crippen LogP contribution in [-0.4, -0.2) is 56.1 Å². The number of hydrogen-bond donors (Lipinski definition) is 2. The highest BCUT2D eigenvalue weighted by atomic mass is 16.5. The first kappa shape index (κ1) is 13.9. The van der Waals surface area contributed by atoms with Crippen molar-refractivity contribution in [1.29, 1.82) is 0 Å². The summed E-state index contributed by atoms with van der Waals surface area (Å²) in [5, 5.41) is 2.52. The van der Waals surface area contributed by atoms with Gasteiger partial charge in [-0.2, -0.15) is 0 Å². The molecule has 0 aromatic rings. The van der Waals surface area contributed by atoms with Crippen LogP contribution in [0, 0.1) is 0 Å².